The molecule has 140 valence electrons. The molecule has 0 atom stereocenters. The molecule has 1 aromatic carbocycles. The molecule has 3 rings (SSSR count). The van der Waals surface area contributed by atoms with Gasteiger partial charge in [0.05, 0.1) is 10.6 Å². The van der Waals surface area contributed by atoms with Crippen LogP contribution in [0.15, 0.2) is 58.3 Å². The van der Waals surface area contributed by atoms with Crippen molar-refractivity contribution in [3.63, 3.8) is 0 Å². The van der Waals surface area contributed by atoms with Crippen molar-refractivity contribution in [2.75, 3.05) is 11.4 Å². The number of nitro groups is 1. The molecule has 0 fully saturated rings. The first-order chi connectivity index (χ1) is 12.8. The van der Waals surface area contributed by atoms with Crippen molar-refractivity contribution in [3.05, 3.63) is 69.7 Å². The average Bonchev–Trinajstić information content (AvgIpc) is 3.19. The summed E-state index contributed by atoms with van der Waals surface area (Å²) in [6, 6.07) is 11.1. The molecule has 2 aromatic heterocycles. The lowest BCUT2D eigenvalue weighted by atomic mass is 10.2. The first kappa shape index (κ1) is 18.8. The Bertz CT molecular complexity index is 1060. The number of anilines is 1. The maximum Gasteiger partial charge on any atom is 0.288 e. The first-order valence-corrected chi connectivity index (χ1v) is 10.0. The molecule has 27 heavy (non-hydrogen) atoms. The molecule has 0 aliphatic heterocycles. The number of hydrogen-bond acceptors (Lipinski definition) is 7. The summed E-state index contributed by atoms with van der Waals surface area (Å²) < 4.78 is 32.2. The number of pyridine rings is 1. The molecular formula is C17H15N3O5S2. The number of thiophene rings is 1. The van der Waals surface area contributed by atoms with Crippen molar-refractivity contribution in [1.82, 2.24) is 4.98 Å². The maximum atomic E-state index is 12.5. The second-order valence-corrected chi connectivity index (χ2v) is 8.72. The van der Waals surface area contributed by atoms with Crippen LogP contribution in [0.5, 0.6) is 11.6 Å². The van der Waals surface area contributed by atoms with Crippen LogP contribution in [0.4, 0.5) is 11.4 Å². The summed E-state index contributed by atoms with van der Waals surface area (Å²) in [5, 5.41) is 12.5. The highest BCUT2D eigenvalue weighted by molar-refractivity contribution is 7.94. The summed E-state index contributed by atoms with van der Waals surface area (Å²) in [7, 11) is -2.13. The Morgan fingerprint density at radius 2 is 1.93 bits per heavy atom. The molecule has 8 nitrogen and oxygen atoms in total. The van der Waals surface area contributed by atoms with Gasteiger partial charge in [-0.3, -0.25) is 14.4 Å². The lowest BCUT2D eigenvalue weighted by Crippen LogP contribution is -2.25. The van der Waals surface area contributed by atoms with Gasteiger partial charge in [0.25, 0.3) is 15.7 Å². The second-order valence-electron chi connectivity index (χ2n) is 5.57. The van der Waals surface area contributed by atoms with Crippen LogP contribution in [0.25, 0.3) is 0 Å². The highest BCUT2D eigenvalue weighted by atomic mass is 32.2. The smallest absolute Gasteiger partial charge is 0.288 e. The summed E-state index contributed by atoms with van der Waals surface area (Å²) >= 11 is 1.15. The molecular weight excluding hydrogens is 390 g/mol. The molecule has 3 aromatic rings. The molecule has 0 amide bonds. The fraction of sp³-hybridized carbons (Fsp3) is 0.118. The van der Waals surface area contributed by atoms with Crippen molar-refractivity contribution < 1.29 is 18.1 Å². The standard InChI is InChI=1S/C17H15N3O5S2/c1-12-10-14(20(21)22)11-18-17(12)25-15-7-5-13(6-8-15)19(2)27(23,24)16-4-3-9-26-16/h3-11H,1-2H3. The van der Waals surface area contributed by atoms with E-state index < -0.39 is 14.9 Å². The fourth-order valence-corrected chi connectivity index (χ4v) is 4.63. The molecule has 0 spiro atoms. The van der Waals surface area contributed by atoms with Crippen LogP contribution in [0.1, 0.15) is 5.56 Å². The predicted octanol–water partition coefficient (Wildman–Crippen LogP) is 3.98. The Morgan fingerprint density at radius 3 is 2.48 bits per heavy atom. The number of aromatic nitrogens is 1. The van der Waals surface area contributed by atoms with Crippen LogP contribution >= 0.6 is 11.3 Å². The number of benzene rings is 1. The molecule has 0 saturated heterocycles. The van der Waals surface area contributed by atoms with Crippen LogP contribution in [-0.2, 0) is 10.0 Å². The molecule has 0 bridgehead atoms. The minimum atomic E-state index is -3.61. The Balaban J connectivity index is 1.79. The first-order valence-electron chi connectivity index (χ1n) is 7.70. The van der Waals surface area contributed by atoms with Crippen LogP contribution in [0.3, 0.4) is 0 Å². The lowest BCUT2D eigenvalue weighted by molar-refractivity contribution is -0.385. The fourth-order valence-electron chi connectivity index (χ4n) is 2.27. The van der Waals surface area contributed by atoms with Crippen LogP contribution in [-0.4, -0.2) is 25.4 Å². The van der Waals surface area contributed by atoms with E-state index in [2.05, 4.69) is 4.98 Å². The highest BCUT2D eigenvalue weighted by Gasteiger charge is 2.22. The Hall–Kier alpha value is -2.98. The van der Waals surface area contributed by atoms with Gasteiger partial charge in [-0.2, -0.15) is 0 Å². The van der Waals surface area contributed by atoms with Gasteiger partial charge >= 0.3 is 0 Å². The van der Waals surface area contributed by atoms with Crippen LogP contribution < -0.4 is 9.04 Å². The topological polar surface area (TPSA) is 103 Å². The summed E-state index contributed by atoms with van der Waals surface area (Å²) in [5.41, 5.74) is 0.880. The van der Waals surface area contributed by atoms with E-state index in [-0.39, 0.29) is 15.8 Å². The zero-order chi connectivity index (χ0) is 19.6. The number of rotatable bonds is 6. The van der Waals surface area contributed by atoms with Crippen LogP contribution in [0.2, 0.25) is 0 Å². The van der Waals surface area contributed by atoms with E-state index >= 15 is 0 Å². The van der Waals surface area contributed by atoms with Gasteiger partial charge in [-0.25, -0.2) is 13.4 Å². The molecule has 0 aliphatic rings. The zero-order valence-electron chi connectivity index (χ0n) is 14.4. The molecule has 0 saturated carbocycles. The summed E-state index contributed by atoms with van der Waals surface area (Å²) in [6.45, 7) is 1.66. The van der Waals surface area contributed by atoms with Gasteiger partial charge in [-0.1, -0.05) is 6.07 Å². The normalized spacial score (nSPS) is 11.2. The zero-order valence-corrected chi connectivity index (χ0v) is 16.0. The minimum absolute atomic E-state index is 0.115. The quantitative estimate of drug-likeness (QED) is 0.454. The average molecular weight is 405 g/mol. The number of nitrogens with zero attached hydrogens (tertiary/aromatic N) is 3. The van der Waals surface area contributed by atoms with E-state index in [9.17, 15) is 18.5 Å². The number of hydrogen-bond donors (Lipinski definition) is 0. The van der Waals surface area contributed by atoms with E-state index in [4.69, 9.17) is 4.74 Å². The highest BCUT2D eigenvalue weighted by Crippen LogP contribution is 2.29. The third kappa shape index (κ3) is 3.91. The van der Waals surface area contributed by atoms with Gasteiger partial charge < -0.3 is 4.74 Å². The maximum absolute atomic E-state index is 12.5. The SMILES string of the molecule is Cc1cc([N+](=O)[O-])cnc1Oc1ccc(N(C)S(=O)(=O)c2cccs2)cc1. The van der Waals surface area contributed by atoms with Gasteiger partial charge in [0.1, 0.15) is 16.2 Å². The molecule has 10 heteroatoms. The van der Waals surface area contributed by atoms with E-state index in [1.165, 1.54) is 17.4 Å². The van der Waals surface area contributed by atoms with E-state index in [1.807, 2.05) is 0 Å². The lowest BCUT2D eigenvalue weighted by Gasteiger charge is -2.18. The van der Waals surface area contributed by atoms with Crippen molar-refractivity contribution in [1.29, 1.82) is 0 Å². The Labute approximate surface area is 159 Å². The molecule has 0 N–H and O–H groups in total. The monoisotopic (exact) mass is 405 g/mol. The van der Waals surface area contributed by atoms with E-state index in [0.29, 0.717) is 17.0 Å². The minimum Gasteiger partial charge on any atom is -0.439 e. The van der Waals surface area contributed by atoms with E-state index in [0.717, 1.165) is 17.5 Å². The summed E-state index contributed by atoms with van der Waals surface area (Å²) in [6.07, 6.45) is 1.12. The molecule has 0 radical (unpaired) electrons. The van der Waals surface area contributed by atoms with Gasteiger partial charge in [0.2, 0.25) is 5.88 Å². The van der Waals surface area contributed by atoms with E-state index in [1.54, 1.807) is 48.7 Å². The molecule has 0 aliphatic carbocycles. The van der Waals surface area contributed by atoms with Crippen molar-refractivity contribution in [3.8, 4) is 11.6 Å². The van der Waals surface area contributed by atoms with Gasteiger partial charge in [-0.15, -0.1) is 11.3 Å². The number of ether oxygens (including phenoxy) is 1. The largest absolute Gasteiger partial charge is 0.439 e. The Morgan fingerprint density at radius 1 is 1.22 bits per heavy atom. The number of sulfonamides is 1. The van der Waals surface area contributed by atoms with Crippen molar-refractivity contribution in [2.45, 2.75) is 11.1 Å². The van der Waals surface area contributed by atoms with Crippen LogP contribution in [0, 0.1) is 17.0 Å². The van der Waals surface area contributed by atoms with Gasteiger partial charge in [-0.05, 0) is 42.6 Å². The third-order valence-corrected chi connectivity index (χ3v) is 6.91. The van der Waals surface area contributed by atoms with Crippen molar-refractivity contribution in [2.24, 2.45) is 0 Å². The summed E-state index contributed by atoms with van der Waals surface area (Å²) in [5.74, 6) is 0.679. The molecule has 0 unspecified atom stereocenters. The number of aryl methyl sites for hydroxylation is 1. The van der Waals surface area contributed by atoms with Gasteiger partial charge in [0.15, 0.2) is 0 Å². The van der Waals surface area contributed by atoms with Crippen molar-refractivity contribution >= 4 is 32.7 Å². The summed E-state index contributed by atoms with van der Waals surface area (Å²) in [4.78, 5) is 14.2. The third-order valence-electron chi connectivity index (χ3n) is 3.75. The van der Waals surface area contributed by atoms with Gasteiger partial charge in [0, 0.05) is 18.7 Å². The predicted molar refractivity (Wildman–Crippen MR) is 102 cm³/mol. The molecule has 2 heterocycles. The second kappa shape index (κ2) is 7.33. The Kier molecular flexibility index (Phi) is 5.10.